The molecule has 2 atom stereocenters. The monoisotopic (exact) mass is 227 g/mol. The Hall–Kier alpha value is -1.28. The second-order valence-electron chi connectivity index (χ2n) is 5.30. The van der Waals surface area contributed by atoms with Crippen LogP contribution in [0.15, 0.2) is 24.3 Å². The molecule has 1 aliphatic carbocycles. The summed E-state index contributed by atoms with van der Waals surface area (Å²) in [5, 5.41) is 1.42. The van der Waals surface area contributed by atoms with Gasteiger partial charge in [-0.1, -0.05) is 31.0 Å². The molecular weight excluding hydrogens is 210 g/mol. The summed E-state index contributed by atoms with van der Waals surface area (Å²) in [5.41, 5.74) is 4.14. The summed E-state index contributed by atoms with van der Waals surface area (Å²) in [7, 11) is 0. The van der Waals surface area contributed by atoms with Crippen molar-refractivity contribution in [2.45, 2.75) is 44.3 Å². The van der Waals surface area contributed by atoms with Gasteiger partial charge in [0.1, 0.15) is 0 Å². The van der Waals surface area contributed by atoms with Crippen molar-refractivity contribution in [2.24, 2.45) is 0 Å². The zero-order valence-corrected chi connectivity index (χ0v) is 9.91. The molecule has 1 saturated carbocycles. The number of ether oxygens (including phenoxy) is 1. The van der Waals surface area contributed by atoms with E-state index in [9.17, 15) is 0 Å². The van der Waals surface area contributed by atoms with E-state index in [1.54, 1.807) is 5.56 Å². The standard InChI is InChI=1S/C15H17NO/c1-3-7-12-10(5-1)15-11-6-2-4-8-14(11)17-9-13(15)16-12/h1,3,5,7,11,14,16H,2,4,6,8-9H2. The average Bonchev–Trinajstić information content (AvgIpc) is 2.77. The van der Waals surface area contributed by atoms with Gasteiger partial charge in [-0.2, -0.15) is 0 Å². The van der Waals surface area contributed by atoms with E-state index in [0.29, 0.717) is 12.0 Å². The predicted octanol–water partition coefficient (Wildman–Crippen LogP) is 3.72. The SMILES string of the molecule is c1ccc2c3c([nH]c2c1)COC1CCCCC31. The molecule has 17 heavy (non-hydrogen) atoms. The fourth-order valence-corrected chi connectivity index (χ4v) is 3.57. The molecule has 88 valence electrons. The Balaban J connectivity index is 1.92. The highest BCUT2D eigenvalue weighted by molar-refractivity contribution is 5.85. The van der Waals surface area contributed by atoms with E-state index < -0.39 is 0 Å². The molecule has 0 radical (unpaired) electrons. The highest BCUT2D eigenvalue weighted by Crippen LogP contribution is 2.43. The van der Waals surface area contributed by atoms with Crippen LogP contribution < -0.4 is 0 Å². The first-order chi connectivity index (χ1) is 8.43. The zero-order chi connectivity index (χ0) is 11.2. The predicted molar refractivity (Wildman–Crippen MR) is 68.1 cm³/mol. The van der Waals surface area contributed by atoms with Crippen molar-refractivity contribution >= 4 is 10.9 Å². The molecular formula is C15H17NO. The molecule has 4 rings (SSSR count). The van der Waals surface area contributed by atoms with Gasteiger partial charge < -0.3 is 9.72 Å². The molecule has 0 spiro atoms. The van der Waals surface area contributed by atoms with Gasteiger partial charge in [0.2, 0.25) is 0 Å². The normalized spacial score (nSPS) is 27.8. The van der Waals surface area contributed by atoms with Gasteiger partial charge in [0.05, 0.1) is 12.7 Å². The first kappa shape index (κ1) is 9.72. The van der Waals surface area contributed by atoms with Gasteiger partial charge in [-0.3, -0.25) is 0 Å². The largest absolute Gasteiger partial charge is 0.371 e. The molecule has 1 aromatic heterocycles. The second-order valence-corrected chi connectivity index (χ2v) is 5.30. The van der Waals surface area contributed by atoms with Crippen molar-refractivity contribution in [2.75, 3.05) is 0 Å². The smallest absolute Gasteiger partial charge is 0.0873 e. The summed E-state index contributed by atoms with van der Waals surface area (Å²) >= 11 is 0. The van der Waals surface area contributed by atoms with Crippen LogP contribution in [-0.4, -0.2) is 11.1 Å². The molecule has 0 amide bonds. The molecule has 2 heterocycles. The molecule has 0 bridgehead atoms. The Morgan fingerprint density at radius 1 is 1.12 bits per heavy atom. The van der Waals surface area contributed by atoms with Crippen molar-refractivity contribution in [1.82, 2.24) is 4.98 Å². The van der Waals surface area contributed by atoms with E-state index >= 15 is 0 Å². The van der Waals surface area contributed by atoms with Crippen LogP contribution in [0.3, 0.4) is 0 Å². The molecule has 2 aromatic rings. The van der Waals surface area contributed by atoms with Crippen molar-refractivity contribution in [3.05, 3.63) is 35.5 Å². The molecule has 0 saturated heterocycles. The Kier molecular flexibility index (Phi) is 2.06. The maximum absolute atomic E-state index is 6.01. The number of hydrogen-bond donors (Lipinski definition) is 1. The van der Waals surface area contributed by atoms with E-state index in [1.165, 1.54) is 42.3 Å². The Bertz CT molecular complexity index is 557. The molecule has 1 fully saturated rings. The van der Waals surface area contributed by atoms with Crippen LogP contribution in [0, 0.1) is 0 Å². The minimum Gasteiger partial charge on any atom is -0.371 e. The van der Waals surface area contributed by atoms with Crippen molar-refractivity contribution in [3.8, 4) is 0 Å². The van der Waals surface area contributed by atoms with E-state index in [2.05, 4.69) is 29.2 Å². The zero-order valence-electron chi connectivity index (χ0n) is 9.91. The molecule has 2 nitrogen and oxygen atoms in total. The van der Waals surface area contributed by atoms with Crippen LogP contribution in [0.2, 0.25) is 0 Å². The summed E-state index contributed by atoms with van der Waals surface area (Å²) in [6, 6.07) is 8.67. The lowest BCUT2D eigenvalue weighted by Gasteiger charge is -2.35. The molecule has 1 aliphatic heterocycles. The first-order valence-corrected chi connectivity index (χ1v) is 6.64. The van der Waals surface area contributed by atoms with Gasteiger partial charge >= 0.3 is 0 Å². The topological polar surface area (TPSA) is 25.0 Å². The van der Waals surface area contributed by atoms with Crippen molar-refractivity contribution in [3.63, 3.8) is 0 Å². The number of fused-ring (bicyclic) bond motifs is 5. The van der Waals surface area contributed by atoms with Crippen LogP contribution in [0.25, 0.3) is 10.9 Å². The van der Waals surface area contributed by atoms with Crippen molar-refractivity contribution in [1.29, 1.82) is 0 Å². The highest BCUT2D eigenvalue weighted by atomic mass is 16.5. The third-order valence-electron chi connectivity index (χ3n) is 4.34. The van der Waals surface area contributed by atoms with Gasteiger partial charge in [0.25, 0.3) is 0 Å². The summed E-state index contributed by atoms with van der Waals surface area (Å²) in [4.78, 5) is 3.52. The minimum absolute atomic E-state index is 0.468. The van der Waals surface area contributed by atoms with E-state index in [1.807, 2.05) is 0 Å². The summed E-state index contributed by atoms with van der Waals surface area (Å²) in [6.07, 6.45) is 5.68. The fraction of sp³-hybridized carbons (Fsp3) is 0.467. The first-order valence-electron chi connectivity index (χ1n) is 6.64. The lowest BCUT2D eigenvalue weighted by molar-refractivity contribution is -0.0127. The van der Waals surface area contributed by atoms with Gasteiger partial charge in [-0.15, -0.1) is 0 Å². The molecule has 2 unspecified atom stereocenters. The molecule has 1 aromatic carbocycles. The van der Waals surface area contributed by atoms with Crippen LogP contribution in [0.1, 0.15) is 42.9 Å². The number of aromatic nitrogens is 1. The maximum atomic E-state index is 6.01. The van der Waals surface area contributed by atoms with Gasteiger partial charge in [-0.25, -0.2) is 0 Å². The lowest BCUT2D eigenvalue weighted by Crippen LogP contribution is -2.30. The Labute approximate surface area is 101 Å². The summed E-state index contributed by atoms with van der Waals surface area (Å²) in [5.74, 6) is 0.628. The number of aromatic amines is 1. The Morgan fingerprint density at radius 3 is 3.00 bits per heavy atom. The number of rotatable bonds is 0. The van der Waals surface area contributed by atoms with E-state index in [4.69, 9.17) is 4.74 Å². The second kappa shape index (κ2) is 3.61. The minimum atomic E-state index is 0.468. The third kappa shape index (κ3) is 1.37. The number of hydrogen-bond acceptors (Lipinski definition) is 1. The van der Waals surface area contributed by atoms with Gasteiger partial charge in [0.15, 0.2) is 0 Å². The van der Waals surface area contributed by atoms with Crippen LogP contribution in [-0.2, 0) is 11.3 Å². The molecule has 2 heteroatoms. The van der Waals surface area contributed by atoms with Crippen LogP contribution in [0.4, 0.5) is 0 Å². The summed E-state index contributed by atoms with van der Waals surface area (Å²) in [6.45, 7) is 0.769. The fourth-order valence-electron chi connectivity index (χ4n) is 3.57. The quantitative estimate of drug-likeness (QED) is 0.729. The third-order valence-corrected chi connectivity index (χ3v) is 4.34. The number of benzene rings is 1. The van der Waals surface area contributed by atoms with Crippen LogP contribution in [0.5, 0.6) is 0 Å². The Morgan fingerprint density at radius 2 is 2.00 bits per heavy atom. The lowest BCUT2D eigenvalue weighted by atomic mass is 9.79. The van der Waals surface area contributed by atoms with Crippen molar-refractivity contribution < 1.29 is 4.74 Å². The van der Waals surface area contributed by atoms with Crippen LogP contribution >= 0.6 is 0 Å². The number of H-pyrrole nitrogens is 1. The van der Waals surface area contributed by atoms with Gasteiger partial charge in [0, 0.05) is 22.5 Å². The van der Waals surface area contributed by atoms with Gasteiger partial charge in [-0.05, 0) is 24.5 Å². The average molecular weight is 227 g/mol. The maximum Gasteiger partial charge on any atom is 0.0873 e. The van der Waals surface area contributed by atoms with E-state index in [-0.39, 0.29) is 0 Å². The number of nitrogens with one attached hydrogen (secondary N) is 1. The summed E-state index contributed by atoms with van der Waals surface area (Å²) < 4.78 is 6.01. The highest BCUT2D eigenvalue weighted by Gasteiger charge is 2.34. The molecule has 1 N–H and O–H groups in total. The molecule has 2 aliphatic rings. The number of para-hydroxylation sites is 1. The van der Waals surface area contributed by atoms with E-state index in [0.717, 1.165) is 6.61 Å².